The lowest BCUT2D eigenvalue weighted by atomic mass is 9.72. The molecule has 0 saturated carbocycles. The molecule has 3 heteroatoms. The molecule has 36 heavy (non-hydrogen) atoms. The molecule has 0 N–H and O–H groups in total. The molecular formula is C33H41Cl2F. The van der Waals surface area contributed by atoms with Crippen LogP contribution < -0.4 is 0 Å². The Hall–Kier alpha value is -1.83. The van der Waals surface area contributed by atoms with Crippen molar-refractivity contribution in [2.24, 2.45) is 22.7 Å². The van der Waals surface area contributed by atoms with E-state index in [0.29, 0.717) is 27.5 Å². The van der Waals surface area contributed by atoms with Gasteiger partial charge in [-0.1, -0.05) is 103 Å². The second-order valence-electron chi connectivity index (χ2n) is 11.3. The molecule has 0 nitrogen and oxygen atoms in total. The summed E-state index contributed by atoms with van der Waals surface area (Å²) in [6, 6.07) is 0. The number of allylic oxidation sites excluding steroid dienone is 17. The van der Waals surface area contributed by atoms with Gasteiger partial charge in [-0.15, -0.1) is 6.58 Å². The lowest BCUT2D eigenvalue weighted by molar-refractivity contribution is 0.423. The van der Waals surface area contributed by atoms with Crippen LogP contribution in [-0.2, 0) is 0 Å². The first-order valence-electron chi connectivity index (χ1n) is 13.0. The van der Waals surface area contributed by atoms with Gasteiger partial charge in [0.1, 0.15) is 5.83 Å². The van der Waals surface area contributed by atoms with E-state index >= 15 is 4.39 Å². The van der Waals surface area contributed by atoms with Gasteiger partial charge in [-0.05, 0) is 70.9 Å². The van der Waals surface area contributed by atoms with E-state index in [0.717, 1.165) is 30.4 Å². The molecule has 3 aliphatic carbocycles. The van der Waals surface area contributed by atoms with Crippen molar-refractivity contribution in [1.29, 1.82) is 0 Å². The zero-order valence-corrected chi connectivity index (χ0v) is 24.7. The van der Waals surface area contributed by atoms with Gasteiger partial charge in [-0.2, -0.15) is 0 Å². The maximum Gasteiger partial charge on any atom is 0.118 e. The third-order valence-corrected chi connectivity index (χ3v) is 8.66. The molecule has 0 spiro atoms. The van der Waals surface area contributed by atoms with Crippen molar-refractivity contribution in [3.63, 3.8) is 0 Å². The van der Waals surface area contributed by atoms with Crippen LogP contribution in [0.5, 0.6) is 0 Å². The molecule has 0 fully saturated rings. The first-order valence-corrected chi connectivity index (χ1v) is 13.8. The lowest BCUT2D eigenvalue weighted by Gasteiger charge is -2.32. The molecule has 0 aliphatic heterocycles. The number of hydrogen-bond donors (Lipinski definition) is 0. The predicted octanol–water partition coefficient (Wildman–Crippen LogP) is 11.2. The summed E-state index contributed by atoms with van der Waals surface area (Å²) in [7, 11) is 0. The normalized spacial score (nSPS) is 28.4. The molecule has 0 aromatic carbocycles. The maximum absolute atomic E-state index is 15.9. The van der Waals surface area contributed by atoms with Crippen LogP contribution in [0.3, 0.4) is 0 Å². The minimum absolute atomic E-state index is 0.164. The smallest absolute Gasteiger partial charge is 0.118 e. The standard InChI is InChI=1S/C33H41Cl2F/c1-10-13-14-26(22(11-2)12-3)23-15-16-24-17-25(32(6,7)28(24)18-23)19-27-29(20(4)34)30(21(5)35)33(8,9)31(27)36/h10-11,13-16,19,22-23H,2,12,17-18H2,1,3-9H3/b13-10-,25-19+,26-14-,29-20+,30-21-. The third kappa shape index (κ3) is 4.99. The van der Waals surface area contributed by atoms with Crippen molar-refractivity contribution in [2.75, 3.05) is 0 Å². The van der Waals surface area contributed by atoms with Gasteiger partial charge in [0.15, 0.2) is 0 Å². The number of halogens is 3. The third-order valence-electron chi connectivity index (χ3n) is 8.28. The van der Waals surface area contributed by atoms with Gasteiger partial charge >= 0.3 is 0 Å². The molecule has 0 bridgehead atoms. The number of hydrogen-bond acceptors (Lipinski definition) is 0. The molecule has 0 aromatic rings. The van der Waals surface area contributed by atoms with Crippen molar-refractivity contribution in [1.82, 2.24) is 0 Å². The van der Waals surface area contributed by atoms with Crippen LogP contribution in [0, 0.1) is 22.7 Å². The Morgan fingerprint density at radius 3 is 2.36 bits per heavy atom. The van der Waals surface area contributed by atoms with Crippen molar-refractivity contribution in [2.45, 2.75) is 74.7 Å². The summed E-state index contributed by atoms with van der Waals surface area (Å²) in [5.41, 5.74) is 6.54. The summed E-state index contributed by atoms with van der Waals surface area (Å²) < 4.78 is 15.9. The van der Waals surface area contributed by atoms with Gasteiger partial charge in [0.2, 0.25) is 0 Å². The maximum atomic E-state index is 15.9. The lowest BCUT2D eigenvalue weighted by Crippen LogP contribution is -2.19. The summed E-state index contributed by atoms with van der Waals surface area (Å²) in [5, 5.41) is 1.15. The zero-order valence-electron chi connectivity index (χ0n) is 23.2. The highest BCUT2D eigenvalue weighted by Gasteiger charge is 2.44. The predicted molar refractivity (Wildman–Crippen MR) is 157 cm³/mol. The molecule has 2 atom stereocenters. The Morgan fingerprint density at radius 1 is 1.17 bits per heavy atom. The quantitative estimate of drug-likeness (QED) is 0.238. The van der Waals surface area contributed by atoms with Crippen LogP contribution in [0.1, 0.15) is 74.7 Å². The van der Waals surface area contributed by atoms with Crippen molar-refractivity contribution < 1.29 is 4.39 Å². The summed E-state index contributed by atoms with van der Waals surface area (Å²) >= 11 is 13.0. The Balaban J connectivity index is 2.04. The number of rotatable bonds is 6. The summed E-state index contributed by atoms with van der Waals surface area (Å²) in [6.07, 6.45) is 18.1. The van der Waals surface area contributed by atoms with Gasteiger partial charge in [0.05, 0.1) is 0 Å². The molecule has 194 valence electrons. The first kappa shape index (κ1) is 28.7. The van der Waals surface area contributed by atoms with E-state index in [1.165, 1.54) is 22.3 Å². The highest BCUT2D eigenvalue weighted by molar-refractivity contribution is 6.32. The molecule has 2 unspecified atom stereocenters. The van der Waals surface area contributed by atoms with E-state index < -0.39 is 5.41 Å². The minimum Gasteiger partial charge on any atom is -0.210 e. The molecule has 0 aromatic heterocycles. The van der Waals surface area contributed by atoms with E-state index in [1.54, 1.807) is 0 Å². The minimum atomic E-state index is -0.809. The topological polar surface area (TPSA) is 0 Å². The Labute approximate surface area is 228 Å². The molecule has 3 aliphatic rings. The van der Waals surface area contributed by atoms with E-state index in [4.69, 9.17) is 23.2 Å². The van der Waals surface area contributed by atoms with E-state index in [2.05, 4.69) is 69.9 Å². The highest BCUT2D eigenvalue weighted by Crippen LogP contribution is 2.57. The van der Waals surface area contributed by atoms with Crippen molar-refractivity contribution in [3.8, 4) is 0 Å². The average Bonchev–Trinajstić information content (AvgIpc) is 3.18. The van der Waals surface area contributed by atoms with Crippen molar-refractivity contribution >= 4 is 23.2 Å². The van der Waals surface area contributed by atoms with E-state index in [1.807, 2.05) is 34.6 Å². The largest absolute Gasteiger partial charge is 0.210 e. The van der Waals surface area contributed by atoms with Gasteiger partial charge < -0.3 is 0 Å². The monoisotopic (exact) mass is 526 g/mol. The molecule has 0 heterocycles. The molecule has 0 radical (unpaired) electrons. The first-order chi connectivity index (χ1) is 16.8. The van der Waals surface area contributed by atoms with Gasteiger partial charge in [-0.25, -0.2) is 4.39 Å². The van der Waals surface area contributed by atoms with Gasteiger partial charge in [0.25, 0.3) is 0 Å². The van der Waals surface area contributed by atoms with Crippen LogP contribution in [-0.4, -0.2) is 0 Å². The summed E-state index contributed by atoms with van der Waals surface area (Å²) in [5.74, 6) is 0.514. The molecular weight excluding hydrogens is 486 g/mol. The SMILES string of the molecule is C=CC(CC)/C(=C/C=C\C)C1C=CC2=C(C1)C(C)(C)/C(=C/C1=C(F)C(C)(C)C(=C(/C)Cl)/C1=C(\C)Cl)C2. The van der Waals surface area contributed by atoms with E-state index in [9.17, 15) is 0 Å². The molecule has 0 saturated heterocycles. The zero-order chi connectivity index (χ0) is 27.0. The Kier molecular flexibility index (Phi) is 8.69. The van der Waals surface area contributed by atoms with E-state index in [-0.39, 0.29) is 11.2 Å². The van der Waals surface area contributed by atoms with Crippen LogP contribution in [0.4, 0.5) is 4.39 Å². The van der Waals surface area contributed by atoms with Crippen molar-refractivity contribution in [3.05, 3.63) is 104 Å². The molecule has 3 rings (SSSR count). The fourth-order valence-electron chi connectivity index (χ4n) is 6.20. The molecule has 0 amide bonds. The van der Waals surface area contributed by atoms with Gasteiger partial charge in [0, 0.05) is 38.0 Å². The van der Waals surface area contributed by atoms with Crippen LogP contribution in [0.25, 0.3) is 0 Å². The average molecular weight is 528 g/mol. The van der Waals surface area contributed by atoms with Crippen LogP contribution in [0.2, 0.25) is 0 Å². The van der Waals surface area contributed by atoms with Crippen LogP contribution >= 0.6 is 23.2 Å². The highest BCUT2D eigenvalue weighted by atomic mass is 35.5. The Morgan fingerprint density at radius 2 is 1.83 bits per heavy atom. The second-order valence-corrected chi connectivity index (χ2v) is 12.4. The second kappa shape index (κ2) is 10.9. The summed E-state index contributed by atoms with van der Waals surface area (Å²) in [4.78, 5) is 0. The Bertz CT molecular complexity index is 1180. The summed E-state index contributed by atoms with van der Waals surface area (Å²) in [6.45, 7) is 20.3. The fourth-order valence-corrected chi connectivity index (χ4v) is 6.72. The fraction of sp³-hybridized carbons (Fsp3) is 0.455. The van der Waals surface area contributed by atoms with Gasteiger partial charge in [-0.3, -0.25) is 0 Å². The van der Waals surface area contributed by atoms with Crippen LogP contribution in [0.15, 0.2) is 104 Å².